The molecule has 0 aliphatic heterocycles. The first kappa shape index (κ1) is 76.2. The molecule has 0 amide bonds. The molecule has 0 atom stereocenters. The Labute approximate surface area is 458 Å². The maximum Gasteiger partial charge on any atom is 3.00 e. The van der Waals surface area contributed by atoms with E-state index >= 15 is 0 Å². The predicted molar refractivity (Wildman–Crippen MR) is 260 cm³/mol. The number of hydrogen-bond donors (Lipinski definition) is 3. The third kappa shape index (κ3) is 31.6. The summed E-state index contributed by atoms with van der Waals surface area (Å²) < 4.78 is 0. The van der Waals surface area contributed by atoms with Gasteiger partial charge in [0, 0.05) is 65.2 Å². The number of para-hydroxylation sites is 3. The summed E-state index contributed by atoms with van der Waals surface area (Å²) in [6.45, 7) is 25.2. The summed E-state index contributed by atoms with van der Waals surface area (Å²) >= 11 is 0. The third-order valence-corrected chi connectivity index (χ3v) is 8.69. The van der Waals surface area contributed by atoms with Gasteiger partial charge < -0.3 is 55.8 Å². The van der Waals surface area contributed by atoms with Crippen LogP contribution < -0.4 is 0 Å². The minimum atomic E-state index is 0. The van der Waals surface area contributed by atoms with Gasteiger partial charge in [-0.3, -0.25) is 0 Å². The van der Waals surface area contributed by atoms with Crippen molar-refractivity contribution in [3.63, 3.8) is 0 Å². The van der Waals surface area contributed by atoms with Crippen LogP contribution in [0, 0.1) is 96.3 Å². The van der Waals surface area contributed by atoms with Crippen LogP contribution >= 0.6 is 0 Å². The summed E-state index contributed by atoms with van der Waals surface area (Å²) in [5, 5.41) is 29.8. The van der Waals surface area contributed by atoms with Crippen molar-refractivity contribution in [1.29, 1.82) is 0 Å². The number of phenols is 3. The molecule has 0 unspecified atom stereocenters. The minimum absolute atomic E-state index is 0. The van der Waals surface area contributed by atoms with Gasteiger partial charge in [-0.25, -0.2) is 0 Å². The molecule has 3 saturated carbocycles. The van der Waals surface area contributed by atoms with Crippen LogP contribution in [0.3, 0.4) is 0 Å². The van der Waals surface area contributed by atoms with E-state index < -0.39 is 0 Å². The van der Waals surface area contributed by atoms with E-state index in [9.17, 15) is 15.3 Å². The van der Waals surface area contributed by atoms with Crippen molar-refractivity contribution in [3.8, 4) is 17.2 Å². The Morgan fingerprint density at radius 3 is 0.443 bits per heavy atom. The van der Waals surface area contributed by atoms with Crippen LogP contribution in [0.1, 0.15) is 152 Å². The van der Waals surface area contributed by atoms with Gasteiger partial charge in [-0.15, -0.1) is 0 Å². The molecule has 16 radical (unpaired) electrons. The summed E-state index contributed by atoms with van der Waals surface area (Å²) in [6.07, 6.45) is 30.0. The SMILES string of the molecule is CC(C)c1cccc(C(C)C)c1O.CC(C)c1cccc(C(C)C)c1O.CC(C)c1cccc(C(C)C)c1O.[CH]1[CH][CH][CH][CH]1.[CH]1[CH][CH][CH][CH]1.[CH]1[CH][CH][CH][CH]1.[SH-].[SH-].[SH-].[Ti+3].[Ti].[Ti].[Ti]. The van der Waals surface area contributed by atoms with Crippen LogP contribution in [0.25, 0.3) is 0 Å². The van der Waals surface area contributed by atoms with Crippen molar-refractivity contribution in [2.75, 3.05) is 0 Å². The Morgan fingerprint density at radius 1 is 0.262 bits per heavy atom. The first-order valence-corrected chi connectivity index (χ1v) is 19.6. The molecule has 6 rings (SSSR count). The average molecular weight is 1020 g/mol. The topological polar surface area (TPSA) is 60.7 Å². The molecule has 3 aromatic carbocycles. The van der Waals surface area contributed by atoms with E-state index in [1.165, 1.54) is 0 Å². The first-order valence-electron chi connectivity index (χ1n) is 19.6. The van der Waals surface area contributed by atoms with Crippen molar-refractivity contribution >= 4 is 40.5 Å². The monoisotopic (exact) mass is 1020 g/mol. The second-order valence-corrected chi connectivity index (χ2v) is 15.2. The van der Waals surface area contributed by atoms with Crippen molar-refractivity contribution < 1.29 is 102 Å². The Morgan fingerprint density at radius 2 is 0.361 bits per heavy atom. The Bertz CT molecular complexity index is 1150. The van der Waals surface area contributed by atoms with E-state index in [1.807, 2.05) is 151 Å². The summed E-state index contributed by atoms with van der Waals surface area (Å²) in [5.41, 5.74) is 6.28. The molecule has 3 aliphatic carbocycles. The molecule has 10 heteroatoms. The number of phenolic OH excluding ortho intramolecular Hbond substituents is 3. The van der Waals surface area contributed by atoms with Gasteiger partial charge in [-0.2, -0.15) is 0 Å². The zero-order chi connectivity index (χ0) is 40.6. The summed E-state index contributed by atoms with van der Waals surface area (Å²) in [7, 11) is 0. The van der Waals surface area contributed by atoms with Gasteiger partial charge in [0.1, 0.15) is 17.2 Å². The fourth-order valence-electron chi connectivity index (χ4n) is 5.50. The summed E-state index contributed by atoms with van der Waals surface area (Å²) in [5.74, 6) is 3.76. The van der Waals surface area contributed by atoms with E-state index in [-0.39, 0.29) is 127 Å². The quantitative estimate of drug-likeness (QED) is 0.130. The number of hydrogen-bond acceptors (Lipinski definition) is 6. The zero-order valence-corrected chi connectivity index (χ0v) is 47.4. The first-order chi connectivity index (χ1) is 25.6. The van der Waals surface area contributed by atoms with Crippen molar-refractivity contribution in [3.05, 3.63) is 184 Å². The van der Waals surface area contributed by atoms with E-state index in [4.69, 9.17) is 0 Å². The van der Waals surface area contributed by atoms with Gasteiger partial charge in [0.25, 0.3) is 0 Å². The second kappa shape index (κ2) is 44.8. The molecule has 3 aliphatic rings. The van der Waals surface area contributed by atoms with E-state index in [0.717, 1.165) is 33.4 Å². The van der Waals surface area contributed by atoms with Gasteiger partial charge in [0.05, 0.1) is 0 Å². The minimum Gasteiger partial charge on any atom is -0.813 e. The summed E-state index contributed by atoms with van der Waals surface area (Å²) in [6, 6.07) is 18.0. The van der Waals surface area contributed by atoms with Gasteiger partial charge in [0.2, 0.25) is 0 Å². The van der Waals surface area contributed by atoms with Crippen molar-refractivity contribution in [1.82, 2.24) is 0 Å². The van der Waals surface area contributed by atoms with Gasteiger partial charge in [-0.05, 0) is 165 Å². The average Bonchev–Trinajstić information content (AvgIpc) is 3.96. The molecule has 3 fully saturated rings. The largest absolute Gasteiger partial charge is 3.00 e. The molecule has 61 heavy (non-hydrogen) atoms. The molecule has 0 aromatic heterocycles. The maximum absolute atomic E-state index is 9.93. The molecule has 3 nitrogen and oxygen atoms in total. The van der Waals surface area contributed by atoms with E-state index in [1.54, 1.807) is 0 Å². The number of rotatable bonds is 6. The van der Waals surface area contributed by atoms with Gasteiger partial charge in [0.15, 0.2) is 0 Å². The Kier molecular flexibility index (Phi) is 56.0. The number of aromatic hydroxyl groups is 3. The van der Waals surface area contributed by atoms with Crippen LogP contribution in [0.2, 0.25) is 0 Å². The van der Waals surface area contributed by atoms with Gasteiger partial charge in [-0.1, -0.05) is 138 Å². The predicted octanol–water partition coefficient (Wildman–Crippen LogP) is 13.2. The number of benzene rings is 3. The smallest absolute Gasteiger partial charge is 0.813 e. The van der Waals surface area contributed by atoms with Crippen LogP contribution in [0.4, 0.5) is 0 Å². The van der Waals surface area contributed by atoms with Crippen LogP contribution in [0.15, 0.2) is 54.6 Å². The molecule has 3 N–H and O–H groups in total. The Balaban J connectivity index is -0.000000117. The zero-order valence-electron chi connectivity index (χ0n) is 38.5. The molecule has 0 spiro atoms. The molecule has 328 valence electrons. The Hall–Kier alpha value is 0.967. The second-order valence-electron chi connectivity index (χ2n) is 15.2. The fourth-order valence-corrected chi connectivity index (χ4v) is 5.50. The van der Waals surface area contributed by atoms with Crippen LogP contribution in [0.5, 0.6) is 17.2 Å². The van der Waals surface area contributed by atoms with Gasteiger partial charge >= 0.3 is 21.7 Å². The molecule has 0 bridgehead atoms. The molecular weight excluding hydrogens is 948 g/mol. The maximum atomic E-state index is 9.93. The van der Waals surface area contributed by atoms with Crippen LogP contribution in [-0.4, -0.2) is 15.3 Å². The van der Waals surface area contributed by atoms with Crippen molar-refractivity contribution in [2.24, 2.45) is 0 Å². The molecule has 3 aromatic rings. The normalized spacial score (nSPS) is 13.1. The third-order valence-electron chi connectivity index (χ3n) is 8.69. The van der Waals surface area contributed by atoms with E-state index in [0.29, 0.717) is 52.8 Å². The molecule has 0 saturated heterocycles. The molecular formula is C51H72O3S3Ti4. The standard InChI is InChI=1S/3C12H18O.3C5H5.3H2S.4Ti/c3*1-8(2)10-6-5-7-11(9(3)4)12(10)13;3*1-2-4-5-3-1;;;;;;;/h3*5-9,13H,1-4H3;3*1-5H;3*1H2;;;;/q;;;;;;;;;;;;+3/p-3. The molecule has 0 heterocycles. The van der Waals surface area contributed by atoms with Crippen molar-refractivity contribution in [2.45, 2.75) is 119 Å². The number of thiol groups is 3. The van der Waals surface area contributed by atoms with E-state index in [2.05, 4.69) is 83.1 Å². The summed E-state index contributed by atoms with van der Waals surface area (Å²) in [4.78, 5) is 0. The fraction of sp³-hybridized carbons (Fsp3) is 0.353. The van der Waals surface area contributed by atoms with Crippen LogP contribution in [-0.2, 0) is 127 Å².